The average molecular weight is 258 g/mol. The van der Waals surface area contributed by atoms with Crippen molar-refractivity contribution in [2.45, 2.75) is 6.92 Å². The third-order valence-corrected chi connectivity index (χ3v) is 2.45. The number of benzene rings is 1. The number of rotatable bonds is 2. The summed E-state index contributed by atoms with van der Waals surface area (Å²) in [4.78, 5) is 11.2. The first-order valence-electron chi connectivity index (χ1n) is 4.63. The van der Waals surface area contributed by atoms with Crippen molar-refractivity contribution in [3.05, 3.63) is 41.2 Å². The van der Waals surface area contributed by atoms with Crippen LogP contribution in [0.4, 0.5) is 8.78 Å². The first-order valence-corrected chi connectivity index (χ1v) is 5.00. The second-order valence-electron chi connectivity index (χ2n) is 3.33. The fourth-order valence-electron chi connectivity index (χ4n) is 1.50. The van der Waals surface area contributed by atoms with E-state index in [0.717, 1.165) is 12.1 Å². The summed E-state index contributed by atoms with van der Waals surface area (Å²) in [6, 6.07) is 3.33. The molecule has 0 saturated heterocycles. The van der Waals surface area contributed by atoms with Gasteiger partial charge in [0.2, 0.25) is 0 Å². The van der Waals surface area contributed by atoms with Gasteiger partial charge < -0.3 is 4.52 Å². The molecule has 0 atom stereocenters. The van der Waals surface area contributed by atoms with E-state index in [1.54, 1.807) is 0 Å². The summed E-state index contributed by atoms with van der Waals surface area (Å²) in [6.45, 7) is 1.44. The topological polar surface area (TPSA) is 43.1 Å². The van der Waals surface area contributed by atoms with Crippen LogP contribution in [0.2, 0.25) is 0 Å². The van der Waals surface area contributed by atoms with Crippen molar-refractivity contribution < 1.29 is 18.1 Å². The Morgan fingerprint density at radius 2 is 1.94 bits per heavy atom. The number of aryl methyl sites for hydroxylation is 1. The lowest BCUT2D eigenvalue weighted by Gasteiger charge is -2.01. The van der Waals surface area contributed by atoms with Crippen LogP contribution < -0.4 is 0 Å². The van der Waals surface area contributed by atoms with E-state index in [-0.39, 0.29) is 17.0 Å². The first kappa shape index (κ1) is 11.7. The molecule has 1 aromatic carbocycles. The molecule has 0 unspecified atom stereocenters. The molecule has 0 aliphatic carbocycles. The van der Waals surface area contributed by atoms with Crippen LogP contribution in [0.5, 0.6) is 0 Å². The summed E-state index contributed by atoms with van der Waals surface area (Å²) in [5.41, 5.74) is -0.776. The SMILES string of the molecule is Cc1onc(-c2c(F)cccc2F)c1C(=O)Cl. The Labute approximate surface area is 100.0 Å². The van der Waals surface area contributed by atoms with Crippen LogP contribution >= 0.6 is 11.6 Å². The van der Waals surface area contributed by atoms with Gasteiger partial charge >= 0.3 is 0 Å². The van der Waals surface area contributed by atoms with E-state index in [9.17, 15) is 13.6 Å². The van der Waals surface area contributed by atoms with Gasteiger partial charge in [-0.2, -0.15) is 0 Å². The minimum absolute atomic E-state index is 0.114. The molecule has 1 aromatic heterocycles. The van der Waals surface area contributed by atoms with Crippen molar-refractivity contribution in [2.24, 2.45) is 0 Å². The van der Waals surface area contributed by atoms with Crippen LogP contribution in [0, 0.1) is 18.6 Å². The van der Waals surface area contributed by atoms with Crippen LogP contribution in [-0.2, 0) is 0 Å². The standard InChI is InChI=1S/C11H6ClF2NO2/c1-5-8(11(12)16)10(15-17-5)9-6(13)3-2-4-7(9)14/h2-4H,1H3. The van der Waals surface area contributed by atoms with Crippen molar-refractivity contribution in [2.75, 3.05) is 0 Å². The maximum absolute atomic E-state index is 13.5. The number of halogens is 3. The predicted octanol–water partition coefficient (Wildman–Crippen LogP) is 3.31. The van der Waals surface area contributed by atoms with Crippen LogP contribution in [0.3, 0.4) is 0 Å². The van der Waals surface area contributed by atoms with Gasteiger partial charge in [-0.05, 0) is 30.7 Å². The maximum Gasteiger partial charge on any atom is 0.258 e. The average Bonchev–Trinajstić information content (AvgIpc) is 2.60. The number of carbonyl (C=O) groups excluding carboxylic acids is 1. The summed E-state index contributed by atoms with van der Waals surface area (Å²) >= 11 is 5.33. The number of nitrogens with zero attached hydrogens (tertiary/aromatic N) is 1. The summed E-state index contributed by atoms with van der Waals surface area (Å²) in [5, 5.41) is 2.59. The third-order valence-electron chi connectivity index (χ3n) is 2.26. The lowest BCUT2D eigenvalue weighted by molar-refractivity contribution is 0.108. The molecule has 0 radical (unpaired) electrons. The predicted molar refractivity (Wildman–Crippen MR) is 56.8 cm³/mol. The molecule has 0 fully saturated rings. The van der Waals surface area contributed by atoms with E-state index in [1.807, 2.05) is 0 Å². The monoisotopic (exact) mass is 257 g/mol. The van der Waals surface area contributed by atoms with E-state index >= 15 is 0 Å². The Morgan fingerprint density at radius 1 is 1.35 bits per heavy atom. The Balaban J connectivity index is 2.73. The summed E-state index contributed by atoms with van der Waals surface area (Å²) in [7, 11) is 0. The second-order valence-corrected chi connectivity index (χ2v) is 3.68. The zero-order valence-electron chi connectivity index (χ0n) is 8.63. The van der Waals surface area contributed by atoms with E-state index in [0.29, 0.717) is 0 Å². The van der Waals surface area contributed by atoms with Gasteiger partial charge in [0.05, 0.1) is 5.56 Å². The smallest absolute Gasteiger partial charge is 0.258 e. The Bertz CT molecular complexity index is 575. The normalized spacial score (nSPS) is 10.6. The fourth-order valence-corrected chi connectivity index (χ4v) is 1.72. The zero-order chi connectivity index (χ0) is 12.6. The largest absolute Gasteiger partial charge is 0.360 e. The van der Waals surface area contributed by atoms with Gasteiger partial charge in [0, 0.05) is 0 Å². The summed E-state index contributed by atoms with van der Waals surface area (Å²) in [5.74, 6) is -1.56. The number of aromatic nitrogens is 1. The highest BCUT2D eigenvalue weighted by atomic mass is 35.5. The lowest BCUT2D eigenvalue weighted by atomic mass is 10.1. The molecule has 2 aromatic rings. The molecule has 6 heteroatoms. The van der Waals surface area contributed by atoms with Gasteiger partial charge in [0.15, 0.2) is 0 Å². The highest BCUT2D eigenvalue weighted by Gasteiger charge is 2.24. The van der Waals surface area contributed by atoms with Crippen molar-refractivity contribution >= 4 is 16.8 Å². The molecule has 0 saturated carbocycles. The molecule has 17 heavy (non-hydrogen) atoms. The van der Waals surface area contributed by atoms with Crippen molar-refractivity contribution in [1.82, 2.24) is 5.16 Å². The van der Waals surface area contributed by atoms with Gasteiger partial charge in [0.25, 0.3) is 5.24 Å². The molecule has 0 spiro atoms. The lowest BCUT2D eigenvalue weighted by Crippen LogP contribution is -1.97. The molecule has 88 valence electrons. The Hall–Kier alpha value is -1.75. The Kier molecular flexibility index (Phi) is 2.93. The zero-order valence-corrected chi connectivity index (χ0v) is 9.39. The van der Waals surface area contributed by atoms with Gasteiger partial charge in [-0.25, -0.2) is 8.78 Å². The van der Waals surface area contributed by atoms with Gasteiger partial charge in [-0.15, -0.1) is 0 Å². The molecular weight excluding hydrogens is 252 g/mol. The minimum atomic E-state index is -0.874. The van der Waals surface area contributed by atoms with Crippen molar-refractivity contribution in [3.63, 3.8) is 0 Å². The fraction of sp³-hybridized carbons (Fsp3) is 0.0909. The van der Waals surface area contributed by atoms with Gasteiger partial charge in [-0.3, -0.25) is 4.79 Å². The molecular formula is C11H6ClF2NO2. The number of carbonyl (C=O) groups is 1. The summed E-state index contributed by atoms with van der Waals surface area (Å²) < 4.78 is 31.8. The molecule has 2 rings (SSSR count). The molecule has 1 heterocycles. The van der Waals surface area contributed by atoms with Gasteiger partial charge in [0.1, 0.15) is 28.7 Å². The van der Waals surface area contributed by atoms with E-state index < -0.39 is 22.4 Å². The number of hydrogen-bond acceptors (Lipinski definition) is 3. The van der Waals surface area contributed by atoms with E-state index in [4.69, 9.17) is 16.1 Å². The van der Waals surface area contributed by atoms with Crippen LogP contribution in [0.1, 0.15) is 16.1 Å². The van der Waals surface area contributed by atoms with Crippen LogP contribution in [0.15, 0.2) is 22.7 Å². The third kappa shape index (κ3) is 1.93. The van der Waals surface area contributed by atoms with Crippen LogP contribution in [0.25, 0.3) is 11.3 Å². The van der Waals surface area contributed by atoms with E-state index in [1.165, 1.54) is 13.0 Å². The molecule has 0 amide bonds. The number of hydrogen-bond donors (Lipinski definition) is 0. The molecule has 0 N–H and O–H groups in total. The Morgan fingerprint density at radius 3 is 2.47 bits per heavy atom. The first-order chi connectivity index (χ1) is 8.02. The second kappa shape index (κ2) is 4.25. The van der Waals surface area contributed by atoms with Crippen LogP contribution in [-0.4, -0.2) is 10.4 Å². The molecule has 3 nitrogen and oxygen atoms in total. The molecule has 0 bridgehead atoms. The van der Waals surface area contributed by atoms with Crippen molar-refractivity contribution in [1.29, 1.82) is 0 Å². The quantitative estimate of drug-likeness (QED) is 0.775. The van der Waals surface area contributed by atoms with Crippen molar-refractivity contribution in [3.8, 4) is 11.3 Å². The maximum atomic E-state index is 13.5. The highest BCUT2D eigenvalue weighted by molar-refractivity contribution is 6.68. The minimum Gasteiger partial charge on any atom is -0.360 e. The van der Waals surface area contributed by atoms with Gasteiger partial charge in [-0.1, -0.05) is 11.2 Å². The molecule has 0 aliphatic rings. The summed E-state index contributed by atoms with van der Waals surface area (Å²) in [6.07, 6.45) is 0. The van der Waals surface area contributed by atoms with E-state index in [2.05, 4.69) is 5.16 Å². The highest BCUT2D eigenvalue weighted by Crippen LogP contribution is 2.30. The molecule has 0 aliphatic heterocycles.